The fourth-order valence-electron chi connectivity index (χ4n) is 5.54. The third kappa shape index (κ3) is 9.19. The van der Waals surface area contributed by atoms with Gasteiger partial charge in [0.25, 0.3) is 5.91 Å². The highest BCUT2D eigenvalue weighted by Gasteiger charge is 2.26. The molecule has 1 unspecified atom stereocenters. The summed E-state index contributed by atoms with van der Waals surface area (Å²) in [5, 5.41) is 7.79. The van der Waals surface area contributed by atoms with Gasteiger partial charge < -0.3 is 29.5 Å². The molecule has 0 aliphatic rings. The van der Waals surface area contributed by atoms with Gasteiger partial charge in [0.1, 0.15) is 17.6 Å². The SMILES string of the molecule is CNC(=O)c1ccc(-c2cccc(-c3nc4ncccc4o3)c2)c(N(CCNC(=O)C(NC(=O)OC)C(C)C)S(C)(=O)=O)ccoc1-c1ccc(F)cc1. The second kappa shape index (κ2) is 17.0. The minimum atomic E-state index is -4.07. The molecule has 0 spiro atoms. The summed E-state index contributed by atoms with van der Waals surface area (Å²) in [6, 6.07) is 19.3. The molecule has 3 N–H and O–H groups in total. The lowest BCUT2D eigenvalue weighted by Crippen LogP contribution is -2.51. The Hall–Kier alpha value is -6.29. The second-order valence-electron chi connectivity index (χ2n) is 12.3. The number of oxazole rings is 1. The average Bonchev–Trinajstić information content (AvgIpc) is 3.62. The molecule has 0 bridgehead atoms. The molecule has 0 radical (unpaired) electrons. The minimum Gasteiger partial charge on any atom is -0.463 e. The molecule has 0 saturated carbocycles. The van der Waals surface area contributed by atoms with Crippen molar-refractivity contribution in [3.8, 4) is 33.9 Å². The lowest BCUT2D eigenvalue weighted by Gasteiger charge is -2.26. The van der Waals surface area contributed by atoms with E-state index in [9.17, 15) is 27.2 Å². The molecule has 14 nitrogen and oxygen atoms in total. The first-order valence-corrected chi connectivity index (χ1v) is 18.6. The fourth-order valence-corrected chi connectivity index (χ4v) is 6.48. The summed E-state index contributed by atoms with van der Waals surface area (Å²) in [6.45, 7) is 3.07. The standard InChI is InChI=1S/C38H39FN6O8S/c1-23(2)32(43-38(48)51-4)36(47)42-19-20-45(54(5,49)50)30-17-21-52-33(24-11-13-27(39)14-12-24)29(35(46)40-3)16-15-28(30)25-8-6-9-26(22-25)37-44-34-31(53-37)10-7-18-41-34/h6-18,21-23,32H,19-20H2,1-5H3,(H,40,46)(H,42,47)(H,43,48). The van der Waals surface area contributed by atoms with Gasteiger partial charge in [0.2, 0.25) is 21.8 Å². The molecular formula is C38H39FN6O8S. The summed E-state index contributed by atoms with van der Waals surface area (Å²) in [6.07, 6.45) is 3.05. The number of sulfonamides is 1. The highest BCUT2D eigenvalue weighted by molar-refractivity contribution is 7.92. The van der Waals surface area contributed by atoms with Gasteiger partial charge in [0.15, 0.2) is 11.2 Å². The number of ether oxygens (including phenoxy) is 1. The van der Waals surface area contributed by atoms with Gasteiger partial charge in [-0.15, -0.1) is 0 Å². The first kappa shape index (κ1) is 38.9. The number of nitrogens with one attached hydrogen (secondary N) is 3. The predicted octanol–water partition coefficient (Wildman–Crippen LogP) is 5.70. The Bertz CT molecular complexity index is 2290. The van der Waals surface area contributed by atoms with Gasteiger partial charge >= 0.3 is 6.09 Å². The molecule has 54 heavy (non-hydrogen) atoms. The fraction of sp³-hybridized carbons (Fsp3) is 0.237. The van der Waals surface area contributed by atoms with Crippen LogP contribution < -0.4 is 20.3 Å². The maximum atomic E-state index is 13.9. The third-order valence-electron chi connectivity index (χ3n) is 8.20. The van der Waals surface area contributed by atoms with Gasteiger partial charge in [0.05, 0.1) is 37.4 Å². The van der Waals surface area contributed by atoms with Crippen molar-refractivity contribution in [2.24, 2.45) is 5.92 Å². The van der Waals surface area contributed by atoms with Crippen molar-refractivity contribution in [2.45, 2.75) is 19.9 Å². The van der Waals surface area contributed by atoms with Gasteiger partial charge in [0, 0.05) is 36.5 Å². The Morgan fingerprint density at radius 3 is 2.37 bits per heavy atom. The molecule has 2 aromatic carbocycles. The molecular weight excluding hydrogens is 720 g/mol. The van der Waals surface area contributed by atoms with Crippen LogP contribution in [-0.4, -0.2) is 75.8 Å². The first-order valence-electron chi connectivity index (χ1n) is 16.7. The van der Waals surface area contributed by atoms with Crippen LogP contribution in [0, 0.1) is 11.7 Å². The molecule has 0 fully saturated rings. The quantitative estimate of drug-likeness (QED) is 0.143. The van der Waals surface area contributed by atoms with E-state index in [1.54, 1.807) is 62.5 Å². The zero-order valence-corrected chi connectivity index (χ0v) is 30.9. The van der Waals surface area contributed by atoms with Crippen molar-refractivity contribution >= 4 is 44.8 Å². The highest BCUT2D eigenvalue weighted by Crippen LogP contribution is 2.35. The number of alkyl carbamates (subject to hydrolysis) is 1. The van der Waals surface area contributed by atoms with Gasteiger partial charge in [-0.1, -0.05) is 32.0 Å². The number of carbonyl (C=O) groups is 3. The van der Waals surface area contributed by atoms with Gasteiger partial charge in [-0.3, -0.25) is 13.9 Å². The van der Waals surface area contributed by atoms with Crippen LogP contribution in [0.3, 0.4) is 0 Å². The van der Waals surface area contributed by atoms with Crippen molar-refractivity contribution in [1.82, 2.24) is 25.9 Å². The Labute approximate surface area is 311 Å². The van der Waals surface area contributed by atoms with E-state index in [-0.39, 0.29) is 41.9 Å². The summed E-state index contributed by atoms with van der Waals surface area (Å²) in [5.41, 5.74) is 2.81. The summed E-state index contributed by atoms with van der Waals surface area (Å²) in [5.74, 6) is -1.54. The van der Waals surface area contributed by atoms with E-state index in [1.165, 1.54) is 56.8 Å². The van der Waals surface area contributed by atoms with Crippen LogP contribution in [0.2, 0.25) is 0 Å². The molecule has 0 saturated heterocycles. The van der Waals surface area contributed by atoms with Crippen molar-refractivity contribution in [3.05, 3.63) is 103 Å². The van der Waals surface area contributed by atoms with Crippen LogP contribution in [0.25, 0.3) is 45.1 Å². The number of pyridine rings is 1. The lowest BCUT2D eigenvalue weighted by atomic mass is 10.0. The summed E-state index contributed by atoms with van der Waals surface area (Å²) in [4.78, 5) is 47.1. The van der Waals surface area contributed by atoms with Crippen LogP contribution in [0.15, 0.2) is 100 Å². The largest absolute Gasteiger partial charge is 0.463 e. The van der Waals surface area contributed by atoms with Crippen molar-refractivity contribution in [3.63, 3.8) is 0 Å². The van der Waals surface area contributed by atoms with E-state index in [2.05, 4.69) is 30.7 Å². The Morgan fingerprint density at radius 2 is 1.70 bits per heavy atom. The predicted molar refractivity (Wildman–Crippen MR) is 201 cm³/mol. The third-order valence-corrected chi connectivity index (χ3v) is 9.38. The molecule has 0 aliphatic carbocycles. The van der Waals surface area contributed by atoms with Crippen LogP contribution in [0.4, 0.5) is 14.9 Å². The molecule has 3 aromatic heterocycles. The van der Waals surface area contributed by atoms with Gasteiger partial charge in [-0.05, 0) is 72.1 Å². The topological polar surface area (TPSA) is 186 Å². The number of hydrogen-bond donors (Lipinski definition) is 3. The Morgan fingerprint density at radius 1 is 0.963 bits per heavy atom. The number of aromatic nitrogens is 2. The summed E-state index contributed by atoms with van der Waals surface area (Å²) in [7, 11) is -1.44. The summed E-state index contributed by atoms with van der Waals surface area (Å²) >= 11 is 0. The van der Waals surface area contributed by atoms with Gasteiger partial charge in [-0.2, -0.15) is 4.98 Å². The zero-order chi connectivity index (χ0) is 39.0. The van der Waals surface area contributed by atoms with Crippen LogP contribution in [0.1, 0.15) is 24.2 Å². The number of hydrogen-bond acceptors (Lipinski definition) is 10. The number of rotatable bonds is 12. The molecule has 0 aliphatic heterocycles. The van der Waals surface area contributed by atoms with Crippen LogP contribution in [0.5, 0.6) is 0 Å². The second-order valence-corrected chi connectivity index (χ2v) is 14.2. The van der Waals surface area contributed by atoms with E-state index >= 15 is 0 Å². The molecule has 1 atom stereocenters. The van der Waals surface area contributed by atoms with E-state index in [0.29, 0.717) is 33.5 Å². The molecule has 282 valence electrons. The number of anilines is 1. The Balaban J connectivity index is 1.68. The number of fused-ring (bicyclic) bond motifs is 1. The first-order chi connectivity index (χ1) is 25.8. The number of benzene rings is 2. The normalized spacial score (nSPS) is 11.8. The maximum absolute atomic E-state index is 13.9. The minimum absolute atomic E-state index is 0.0599. The lowest BCUT2D eigenvalue weighted by molar-refractivity contribution is -0.123. The number of methoxy groups -OCH3 is 1. The maximum Gasteiger partial charge on any atom is 0.407 e. The monoisotopic (exact) mass is 758 g/mol. The van der Waals surface area contributed by atoms with Gasteiger partial charge in [-0.25, -0.2) is 22.6 Å². The van der Waals surface area contributed by atoms with E-state index in [1.807, 2.05) is 0 Å². The molecule has 3 amide bonds. The number of amides is 3. The number of nitrogens with zero attached hydrogens (tertiary/aromatic N) is 3. The number of halogens is 1. The average molecular weight is 759 g/mol. The number of carbonyl (C=O) groups excluding carboxylic acids is 3. The van der Waals surface area contributed by atoms with E-state index < -0.39 is 39.8 Å². The van der Waals surface area contributed by atoms with Crippen LogP contribution in [-0.2, 0) is 19.6 Å². The molecule has 3 heterocycles. The van der Waals surface area contributed by atoms with Crippen LogP contribution >= 0.6 is 0 Å². The Kier molecular flexibility index (Phi) is 12.3. The van der Waals surface area contributed by atoms with Crippen molar-refractivity contribution in [2.75, 3.05) is 37.8 Å². The summed E-state index contributed by atoms with van der Waals surface area (Å²) < 4.78 is 58.8. The molecule has 16 heteroatoms. The van der Waals surface area contributed by atoms with Crippen molar-refractivity contribution in [1.29, 1.82) is 0 Å². The van der Waals surface area contributed by atoms with E-state index in [4.69, 9.17) is 8.83 Å². The van der Waals surface area contributed by atoms with E-state index in [0.717, 1.165) is 10.6 Å². The molecule has 5 aromatic rings. The molecule has 5 rings (SSSR count). The zero-order valence-electron chi connectivity index (χ0n) is 30.1. The smallest absolute Gasteiger partial charge is 0.407 e. The highest BCUT2D eigenvalue weighted by atomic mass is 32.2. The van der Waals surface area contributed by atoms with Crippen molar-refractivity contribution < 1.29 is 40.8 Å².